The summed E-state index contributed by atoms with van der Waals surface area (Å²) >= 11 is 3.48. The molecule has 4 heteroatoms. The van der Waals surface area contributed by atoms with Gasteiger partial charge in [-0.3, -0.25) is 0 Å². The lowest BCUT2D eigenvalue weighted by atomic mass is 10.00. The zero-order valence-corrected chi connectivity index (χ0v) is 10.8. The van der Waals surface area contributed by atoms with Crippen LogP contribution in [0, 0.1) is 0 Å². The van der Waals surface area contributed by atoms with Crippen molar-refractivity contribution in [2.24, 2.45) is 0 Å². The molecule has 1 unspecified atom stereocenters. The Kier molecular flexibility index (Phi) is 2.30. The van der Waals surface area contributed by atoms with Crippen molar-refractivity contribution in [1.29, 1.82) is 0 Å². The minimum atomic E-state index is 0.0193. The van der Waals surface area contributed by atoms with Crippen molar-refractivity contribution in [1.82, 2.24) is 15.3 Å². The molecule has 1 aromatic heterocycles. The quantitative estimate of drug-likeness (QED) is 0.843. The topological polar surface area (TPSA) is 40.7 Å². The van der Waals surface area contributed by atoms with Crippen LogP contribution in [0.2, 0.25) is 0 Å². The van der Waals surface area contributed by atoms with E-state index in [4.69, 9.17) is 0 Å². The minimum Gasteiger partial charge on any atom is -0.340 e. The smallest absolute Gasteiger partial charge is 0.127 e. The highest BCUT2D eigenvalue weighted by atomic mass is 79.9. The van der Waals surface area contributed by atoms with Crippen LogP contribution < -0.4 is 5.32 Å². The van der Waals surface area contributed by atoms with Gasteiger partial charge in [-0.05, 0) is 44.5 Å². The van der Waals surface area contributed by atoms with E-state index in [9.17, 15) is 0 Å². The molecule has 2 aromatic rings. The van der Waals surface area contributed by atoms with Crippen LogP contribution in [0.3, 0.4) is 0 Å². The van der Waals surface area contributed by atoms with Gasteiger partial charge in [0.15, 0.2) is 0 Å². The molecular weight excluding hydrogens is 266 g/mol. The molecule has 1 fully saturated rings. The Morgan fingerprint density at radius 1 is 1.44 bits per heavy atom. The molecule has 1 aliphatic heterocycles. The first-order valence-corrected chi connectivity index (χ1v) is 6.37. The van der Waals surface area contributed by atoms with Crippen LogP contribution in [0.5, 0.6) is 0 Å². The summed E-state index contributed by atoms with van der Waals surface area (Å²) < 4.78 is 1.08. The lowest BCUT2D eigenvalue weighted by Gasteiger charge is -2.21. The monoisotopic (exact) mass is 279 g/mol. The van der Waals surface area contributed by atoms with Gasteiger partial charge in [0.1, 0.15) is 5.82 Å². The number of nitrogens with one attached hydrogen (secondary N) is 2. The summed E-state index contributed by atoms with van der Waals surface area (Å²) in [7, 11) is 0. The fourth-order valence-corrected chi connectivity index (χ4v) is 2.70. The maximum absolute atomic E-state index is 4.67. The van der Waals surface area contributed by atoms with Gasteiger partial charge >= 0.3 is 0 Å². The number of aromatic amines is 1. The highest BCUT2D eigenvalue weighted by molar-refractivity contribution is 9.10. The van der Waals surface area contributed by atoms with E-state index in [1.54, 1.807) is 0 Å². The fourth-order valence-electron chi connectivity index (χ4n) is 2.34. The van der Waals surface area contributed by atoms with Crippen LogP contribution >= 0.6 is 15.9 Å². The van der Waals surface area contributed by atoms with Gasteiger partial charge in [0.2, 0.25) is 0 Å². The van der Waals surface area contributed by atoms with Crippen LogP contribution in [0.15, 0.2) is 22.7 Å². The number of rotatable bonds is 1. The molecule has 0 amide bonds. The average molecular weight is 280 g/mol. The SMILES string of the molecule is CC1(c2nc3ccc(Br)cc3[nH]2)CCCN1. The molecule has 84 valence electrons. The summed E-state index contributed by atoms with van der Waals surface area (Å²) in [6, 6.07) is 6.14. The molecule has 2 N–H and O–H groups in total. The third-order valence-electron chi connectivity index (χ3n) is 3.34. The number of halogens is 1. The van der Waals surface area contributed by atoms with Gasteiger partial charge in [0.25, 0.3) is 0 Å². The Balaban J connectivity index is 2.11. The fraction of sp³-hybridized carbons (Fsp3) is 0.417. The first-order valence-electron chi connectivity index (χ1n) is 5.58. The van der Waals surface area contributed by atoms with Crippen molar-refractivity contribution in [3.8, 4) is 0 Å². The molecule has 0 spiro atoms. The first kappa shape index (κ1) is 10.3. The summed E-state index contributed by atoms with van der Waals surface area (Å²) in [4.78, 5) is 8.08. The molecule has 3 nitrogen and oxygen atoms in total. The Morgan fingerprint density at radius 2 is 2.31 bits per heavy atom. The van der Waals surface area contributed by atoms with E-state index in [1.807, 2.05) is 12.1 Å². The van der Waals surface area contributed by atoms with Gasteiger partial charge in [0, 0.05) is 4.47 Å². The molecule has 1 aromatic carbocycles. The van der Waals surface area contributed by atoms with Crippen molar-refractivity contribution in [2.75, 3.05) is 6.54 Å². The lowest BCUT2D eigenvalue weighted by molar-refractivity contribution is 0.412. The van der Waals surface area contributed by atoms with E-state index in [0.717, 1.165) is 34.3 Å². The highest BCUT2D eigenvalue weighted by Crippen LogP contribution is 2.30. The Morgan fingerprint density at radius 3 is 3.06 bits per heavy atom. The summed E-state index contributed by atoms with van der Waals surface area (Å²) in [5.41, 5.74) is 2.15. The van der Waals surface area contributed by atoms with Gasteiger partial charge in [0.05, 0.1) is 16.6 Å². The van der Waals surface area contributed by atoms with Crippen LogP contribution in [0.4, 0.5) is 0 Å². The average Bonchev–Trinajstić information content (AvgIpc) is 2.84. The number of H-pyrrole nitrogens is 1. The summed E-state index contributed by atoms with van der Waals surface area (Å²) in [5, 5.41) is 3.52. The number of aromatic nitrogens is 2. The zero-order valence-electron chi connectivity index (χ0n) is 9.18. The number of hydrogen-bond acceptors (Lipinski definition) is 2. The van der Waals surface area contributed by atoms with Gasteiger partial charge < -0.3 is 10.3 Å². The van der Waals surface area contributed by atoms with Gasteiger partial charge in [-0.15, -0.1) is 0 Å². The van der Waals surface area contributed by atoms with Gasteiger partial charge in [-0.2, -0.15) is 0 Å². The first-order chi connectivity index (χ1) is 7.67. The molecule has 2 heterocycles. The van der Waals surface area contributed by atoms with Crippen LogP contribution in [0.25, 0.3) is 11.0 Å². The Bertz CT molecular complexity index is 526. The van der Waals surface area contributed by atoms with Gasteiger partial charge in [-0.25, -0.2) is 4.98 Å². The molecule has 3 rings (SSSR count). The maximum Gasteiger partial charge on any atom is 0.127 e. The van der Waals surface area contributed by atoms with Crippen LogP contribution in [-0.4, -0.2) is 16.5 Å². The number of fused-ring (bicyclic) bond motifs is 1. The molecule has 0 bridgehead atoms. The molecular formula is C12H14BrN3. The standard InChI is InChI=1S/C12H14BrN3/c1-12(5-2-6-14-12)11-15-9-4-3-8(13)7-10(9)16-11/h3-4,7,14H,2,5-6H2,1H3,(H,15,16). The van der Waals surface area contributed by atoms with Crippen molar-refractivity contribution < 1.29 is 0 Å². The molecule has 0 aliphatic carbocycles. The predicted octanol–water partition coefficient (Wildman–Crippen LogP) is 2.92. The van der Waals surface area contributed by atoms with Crippen molar-refractivity contribution in [3.05, 3.63) is 28.5 Å². The molecule has 0 radical (unpaired) electrons. The Labute approximate surface area is 103 Å². The second-order valence-corrected chi connectivity index (χ2v) is 5.52. The number of imidazole rings is 1. The normalized spacial score (nSPS) is 25.4. The molecule has 1 atom stereocenters. The zero-order chi connectivity index (χ0) is 11.2. The number of benzene rings is 1. The van der Waals surface area contributed by atoms with E-state index >= 15 is 0 Å². The number of nitrogens with zero attached hydrogens (tertiary/aromatic N) is 1. The minimum absolute atomic E-state index is 0.0193. The molecule has 1 saturated heterocycles. The van der Waals surface area contributed by atoms with E-state index in [-0.39, 0.29) is 5.54 Å². The van der Waals surface area contributed by atoms with Crippen molar-refractivity contribution in [3.63, 3.8) is 0 Å². The van der Waals surface area contributed by atoms with E-state index in [1.165, 1.54) is 6.42 Å². The Hall–Kier alpha value is -0.870. The summed E-state index contributed by atoms with van der Waals surface area (Å²) in [5.74, 6) is 1.05. The van der Waals surface area contributed by atoms with E-state index in [0.29, 0.717) is 0 Å². The van der Waals surface area contributed by atoms with E-state index in [2.05, 4.69) is 44.2 Å². The predicted molar refractivity (Wildman–Crippen MR) is 68.4 cm³/mol. The second kappa shape index (κ2) is 3.57. The summed E-state index contributed by atoms with van der Waals surface area (Å²) in [6.45, 7) is 3.30. The number of hydrogen-bond donors (Lipinski definition) is 2. The molecule has 0 saturated carbocycles. The van der Waals surface area contributed by atoms with Crippen LogP contribution in [0.1, 0.15) is 25.6 Å². The van der Waals surface area contributed by atoms with Gasteiger partial charge in [-0.1, -0.05) is 15.9 Å². The lowest BCUT2D eigenvalue weighted by Crippen LogP contribution is -2.34. The van der Waals surface area contributed by atoms with Crippen molar-refractivity contribution in [2.45, 2.75) is 25.3 Å². The molecule has 1 aliphatic rings. The molecule has 16 heavy (non-hydrogen) atoms. The largest absolute Gasteiger partial charge is 0.340 e. The van der Waals surface area contributed by atoms with E-state index < -0.39 is 0 Å². The van der Waals surface area contributed by atoms with Crippen molar-refractivity contribution >= 4 is 27.0 Å². The maximum atomic E-state index is 4.67. The third-order valence-corrected chi connectivity index (χ3v) is 3.83. The highest BCUT2D eigenvalue weighted by Gasteiger charge is 2.32. The second-order valence-electron chi connectivity index (χ2n) is 4.61. The van der Waals surface area contributed by atoms with Crippen LogP contribution in [-0.2, 0) is 5.54 Å². The third kappa shape index (κ3) is 1.57. The summed E-state index contributed by atoms with van der Waals surface area (Å²) in [6.07, 6.45) is 2.37.